The summed E-state index contributed by atoms with van der Waals surface area (Å²) in [6.45, 7) is 10.6. The molecular weight excluding hydrogens is 388 g/mol. The molecule has 4 nitrogen and oxygen atoms in total. The fourth-order valence-electron chi connectivity index (χ4n) is 2.94. The fourth-order valence-corrected chi connectivity index (χ4v) is 2.94. The Bertz CT molecular complexity index is 827. The molecule has 0 fully saturated rings. The Kier molecular flexibility index (Phi) is 9.89. The van der Waals surface area contributed by atoms with Crippen molar-refractivity contribution in [2.75, 3.05) is 13.2 Å². The summed E-state index contributed by atoms with van der Waals surface area (Å²) < 4.78 is 16.2. The predicted octanol–water partition coefficient (Wildman–Crippen LogP) is 6.81. The smallest absolute Gasteiger partial charge is 0.331 e. The lowest BCUT2D eigenvalue weighted by molar-refractivity contribution is -0.148. The molecule has 0 aliphatic heterocycles. The van der Waals surface area contributed by atoms with E-state index >= 15 is 0 Å². The van der Waals surface area contributed by atoms with E-state index < -0.39 is 5.60 Å². The standard InChI is InChI=1S/C27H34O4/c1-5-29-20-8-6-7-9-21-30-25-17-15-24(16-18-25)23-13-10-22(11-14-23)12-19-26(28)31-27(2,3)4/h5,10-19H,1,6-9,20-21H2,2-4H3/b19-12+. The highest BCUT2D eigenvalue weighted by Crippen LogP contribution is 2.23. The van der Waals surface area contributed by atoms with Crippen LogP contribution in [0.2, 0.25) is 0 Å². The maximum Gasteiger partial charge on any atom is 0.331 e. The zero-order valence-electron chi connectivity index (χ0n) is 18.9. The van der Waals surface area contributed by atoms with Crippen LogP contribution in [0.4, 0.5) is 0 Å². The number of benzene rings is 2. The molecule has 2 aromatic carbocycles. The van der Waals surface area contributed by atoms with Crippen LogP contribution in [0.25, 0.3) is 17.2 Å². The van der Waals surface area contributed by atoms with Crippen LogP contribution in [0.3, 0.4) is 0 Å². The van der Waals surface area contributed by atoms with Gasteiger partial charge in [-0.2, -0.15) is 0 Å². The predicted molar refractivity (Wildman–Crippen MR) is 127 cm³/mol. The molecule has 0 aliphatic rings. The molecule has 0 aromatic heterocycles. The first-order valence-corrected chi connectivity index (χ1v) is 10.8. The van der Waals surface area contributed by atoms with Crippen LogP contribution in [-0.4, -0.2) is 24.8 Å². The molecule has 2 aromatic rings. The molecule has 0 radical (unpaired) electrons. The van der Waals surface area contributed by atoms with E-state index in [1.807, 2.05) is 57.2 Å². The highest BCUT2D eigenvalue weighted by atomic mass is 16.6. The van der Waals surface area contributed by atoms with Crippen molar-refractivity contribution in [1.82, 2.24) is 0 Å². The summed E-state index contributed by atoms with van der Waals surface area (Å²) in [5.74, 6) is 0.546. The maximum atomic E-state index is 11.8. The molecule has 0 atom stereocenters. The highest BCUT2D eigenvalue weighted by Gasteiger charge is 2.13. The average Bonchev–Trinajstić information content (AvgIpc) is 2.74. The van der Waals surface area contributed by atoms with Crippen molar-refractivity contribution in [3.05, 3.63) is 73.0 Å². The number of carbonyl (C=O) groups excluding carboxylic acids is 1. The molecule has 2 rings (SSSR count). The molecular formula is C27H34O4. The minimum atomic E-state index is -0.484. The summed E-state index contributed by atoms with van der Waals surface area (Å²) in [6.07, 6.45) is 9.07. The Morgan fingerprint density at radius 2 is 1.45 bits per heavy atom. The molecule has 0 saturated carbocycles. The van der Waals surface area contributed by atoms with Crippen LogP contribution in [0.15, 0.2) is 67.4 Å². The van der Waals surface area contributed by atoms with Gasteiger partial charge in [0.1, 0.15) is 11.4 Å². The van der Waals surface area contributed by atoms with Crippen molar-refractivity contribution in [2.45, 2.75) is 52.1 Å². The van der Waals surface area contributed by atoms with Crippen molar-refractivity contribution < 1.29 is 19.0 Å². The van der Waals surface area contributed by atoms with Crippen LogP contribution in [0.5, 0.6) is 5.75 Å². The second-order valence-electron chi connectivity index (χ2n) is 8.31. The number of unbranched alkanes of at least 4 members (excludes halogenated alkanes) is 3. The first-order valence-electron chi connectivity index (χ1n) is 10.8. The number of hydrogen-bond donors (Lipinski definition) is 0. The highest BCUT2D eigenvalue weighted by molar-refractivity contribution is 5.87. The maximum absolute atomic E-state index is 11.8. The van der Waals surface area contributed by atoms with E-state index in [-0.39, 0.29) is 5.97 Å². The van der Waals surface area contributed by atoms with Crippen LogP contribution in [0.1, 0.15) is 52.0 Å². The second-order valence-corrected chi connectivity index (χ2v) is 8.31. The molecule has 0 heterocycles. The van der Waals surface area contributed by atoms with Crippen LogP contribution in [-0.2, 0) is 14.3 Å². The molecule has 166 valence electrons. The van der Waals surface area contributed by atoms with Crippen molar-refractivity contribution in [3.63, 3.8) is 0 Å². The van der Waals surface area contributed by atoms with Crippen LogP contribution >= 0.6 is 0 Å². The van der Waals surface area contributed by atoms with Gasteiger partial charge in [-0.25, -0.2) is 4.79 Å². The SMILES string of the molecule is C=COCCCCCCOc1ccc(-c2ccc(/C=C/C(=O)OC(C)(C)C)cc2)cc1. The Morgan fingerprint density at radius 3 is 2.03 bits per heavy atom. The van der Waals surface area contributed by atoms with Crippen LogP contribution in [0, 0.1) is 0 Å². The van der Waals surface area contributed by atoms with Crippen molar-refractivity contribution >= 4 is 12.0 Å². The van der Waals surface area contributed by atoms with Gasteiger partial charge in [0.15, 0.2) is 0 Å². The lowest BCUT2D eigenvalue weighted by Gasteiger charge is -2.17. The molecule has 0 amide bonds. The Labute approximate surface area is 186 Å². The Balaban J connectivity index is 1.78. The van der Waals surface area contributed by atoms with Gasteiger partial charge < -0.3 is 14.2 Å². The van der Waals surface area contributed by atoms with E-state index in [0.29, 0.717) is 0 Å². The molecule has 0 unspecified atom stereocenters. The van der Waals surface area contributed by atoms with Gasteiger partial charge in [-0.15, -0.1) is 0 Å². The van der Waals surface area contributed by atoms with E-state index in [4.69, 9.17) is 14.2 Å². The topological polar surface area (TPSA) is 44.8 Å². The lowest BCUT2D eigenvalue weighted by Crippen LogP contribution is -2.22. The fraction of sp³-hybridized carbons (Fsp3) is 0.370. The molecule has 0 spiro atoms. The van der Waals surface area contributed by atoms with Crippen molar-refractivity contribution in [1.29, 1.82) is 0 Å². The minimum Gasteiger partial charge on any atom is -0.502 e. The average molecular weight is 423 g/mol. The van der Waals surface area contributed by atoms with Gasteiger partial charge in [0, 0.05) is 6.08 Å². The first-order chi connectivity index (χ1) is 14.9. The van der Waals surface area contributed by atoms with Gasteiger partial charge in [0.2, 0.25) is 0 Å². The zero-order valence-corrected chi connectivity index (χ0v) is 18.9. The lowest BCUT2D eigenvalue weighted by atomic mass is 10.0. The van der Waals surface area contributed by atoms with E-state index in [9.17, 15) is 4.79 Å². The third-order valence-corrected chi connectivity index (χ3v) is 4.46. The third-order valence-electron chi connectivity index (χ3n) is 4.46. The molecule has 0 bridgehead atoms. The number of carbonyl (C=O) groups is 1. The summed E-state index contributed by atoms with van der Waals surface area (Å²) in [5.41, 5.74) is 2.70. The largest absolute Gasteiger partial charge is 0.502 e. The van der Waals surface area contributed by atoms with Crippen molar-refractivity contribution in [2.24, 2.45) is 0 Å². The van der Waals surface area contributed by atoms with Crippen molar-refractivity contribution in [3.8, 4) is 16.9 Å². The summed E-state index contributed by atoms with van der Waals surface area (Å²) in [6, 6.07) is 16.2. The van der Waals surface area contributed by atoms with Gasteiger partial charge in [0.05, 0.1) is 19.5 Å². The molecule has 0 saturated heterocycles. The van der Waals surface area contributed by atoms with Gasteiger partial charge in [-0.1, -0.05) is 43.0 Å². The molecule has 0 N–H and O–H groups in total. The number of hydrogen-bond acceptors (Lipinski definition) is 4. The number of ether oxygens (including phenoxy) is 3. The minimum absolute atomic E-state index is 0.339. The van der Waals surface area contributed by atoms with E-state index in [2.05, 4.69) is 18.7 Å². The summed E-state index contributed by atoms with van der Waals surface area (Å²) in [4.78, 5) is 11.8. The quantitative estimate of drug-likeness (QED) is 0.163. The monoisotopic (exact) mass is 422 g/mol. The van der Waals surface area contributed by atoms with Crippen LogP contribution < -0.4 is 4.74 Å². The summed E-state index contributed by atoms with van der Waals surface area (Å²) in [5, 5.41) is 0. The van der Waals surface area contributed by atoms with Gasteiger partial charge >= 0.3 is 5.97 Å². The molecule has 4 heteroatoms. The van der Waals surface area contributed by atoms with Gasteiger partial charge in [0.25, 0.3) is 0 Å². The Hall–Kier alpha value is -3.01. The van der Waals surface area contributed by atoms with Gasteiger partial charge in [-0.3, -0.25) is 0 Å². The molecule has 0 aliphatic carbocycles. The first kappa shape index (κ1) is 24.3. The third kappa shape index (κ3) is 10.0. The van der Waals surface area contributed by atoms with E-state index in [0.717, 1.165) is 61.3 Å². The summed E-state index contributed by atoms with van der Waals surface area (Å²) >= 11 is 0. The normalized spacial score (nSPS) is 11.3. The summed E-state index contributed by atoms with van der Waals surface area (Å²) in [7, 11) is 0. The van der Waals surface area contributed by atoms with E-state index in [1.54, 1.807) is 6.08 Å². The second kappa shape index (κ2) is 12.6. The number of esters is 1. The zero-order chi connectivity index (χ0) is 22.5. The molecule has 31 heavy (non-hydrogen) atoms. The number of rotatable bonds is 12. The van der Waals surface area contributed by atoms with E-state index in [1.165, 1.54) is 12.3 Å². The Morgan fingerprint density at radius 1 is 0.871 bits per heavy atom. The van der Waals surface area contributed by atoms with Gasteiger partial charge in [-0.05, 0) is 81.4 Å².